The predicted molar refractivity (Wildman–Crippen MR) is 85.3 cm³/mol. The molecule has 1 fully saturated rings. The van der Waals surface area contributed by atoms with Crippen LogP contribution in [-0.4, -0.2) is 42.4 Å². The maximum Gasteiger partial charge on any atom is 0.134 e. The molecule has 0 spiro atoms. The number of likely N-dealkylation sites (N-methyl/N-ethyl adjacent to an activating group) is 1. The number of rotatable bonds is 4. The molecule has 0 bridgehead atoms. The van der Waals surface area contributed by atoms with E-state index in [1.54, 1.807) is 0 Å². The quantitative estimate of drug-likeness (QED) is 0.916. The summed E-state index contributed by atoms with van der Waals surface area (Å²) in [5, 5.41) is 10.9. The van der Waals surface area contributed by atoms with E-state index in [4.69, 9.17) is 9.15 Å². The largest absolute Gasteiger partial charge is 0.460 e. The standard InChI is InChI=1S/C16H20BrNO3/c1-18(16(11-19)4-6-20-7-5-16)10-14-9-12-8-13(17)2-3-15(12)21-14/h2-3,8-9,19H,4-7,10-11H2,1H3. The second-order valence-corrected chi connectivity index (χ2v) is 6.66. The molecule has 2 aromatic rings. The molecule has 0 amide bonds. The van der Waals surface area contributed by atoms with Crippen LogP contribution >= 0.6 is 15.9 Å². The molecular weight excluding hydrogens is 334 g/mol. The smallest absolute Gasteiger partial charge is 0.134 e. The molecule has 114 valence electrons. The van der Waals surface area contributed by atoms with Gasteiger partial charge in [-0.1, -0.05) is 15.9 Å². The minimum atomic E-state index is -0.197. The van der Waals surface area contributed by atoms with Crippen molar-refractivity contribution in [2.75, 3.05) is 26.9 Å². The number of nitrogens with zero attached hydrogens (tertiary/aromatic N) is 1. The summed E-state index contributed by atoms with van der Waals surface area (Å²) < 4.78 is 12.4. The molecule has 1 aliphatic rings. The highest BCUT2D eigenvalue weighted by atomic mass is 79.9. The molecule has 21 heavy (non-hydrogen) atoms. The van der Waals surface area contributed by atoms with E-state index in [9.17, 15) is 5.11 Å². The molecule has 3 rings (SSSR count). The Balaban J connectivity index is 1.80. The Morgan fingerprint density at radius 1 is 1.29 bits per heavy atom. The van der Waals surface area contributed by atoms with Crippen molar-refractivity contribution in [1.82, 2.24) is 4.90 Å². The van der Waals surface area contributed by atoms with Gasteiger partial charge in [0.1, 0.15) is 11.3 Å². The van der Waals surface area contributed by atoms with Gasteiger partial charge in [-0.2, -0.15) is 0 Å². The maximum atomic E-state index is 9.83. The zero-order valence-electron chi connectivity index (χ0n) is 12.1. The molecule has 1 N–H and O–H groups in total. The minimum absolute atomic E-state index is 0.151. The highest BCUT2D eigenvalue weighted by molar-refractivity contribution is 9.10. The lowest BCUT2D eigenvalue weighted by Crippen LogP contribution is -2.52. The van der Waals surface area contributed by atoms with Crippen LogP contribution < -0.4 is 0 Å². The van der Waals surface area contributed by atoms with Crippen molar-refractivity contribution in [3.63, 3.8) is 0 Å². The van der Waals surface area contributed by atoms with E-state index in [0.29, 0.717) is 19.8 Å². The van der Waals surface area contributed by atoms with Crippen LogP contribution in [0.5, 0.6) is 0 Å². The molecular formula is C16H20BrNO3. The first-order chi connectivity index (χ1) is 10.1. The van der Waals surface area contributed by atoms with Gasteiger partial charge in [-0.25, -0.2) is 0 Å². The number of fused-ring (bicyclic) bond motifs is 1. The summed E-state index contributed by atoms with van der Waals surface area (Å²) in [7, 11) is 2.05. The van der Waals surface area contributed by atoms with Crippen LogP contribution in [0, 0.1) is 0 Å². The summed E-state index contributed by atoms with van der Waals surface area (Å²) in [5.41, 5.74) is 0.698. The molecule has 1 aliphatic heterocycles. The van der Waals surface area contributed by atoms with Gasteiger partial charge in [0.25, 0.3) is 0 Å². The zero-order chi connectivity index (χ0) is 14.9. The lowest BCUT2D eigenvalue weighted by Gasteiger charge is -2.42. The number of aliphatic hydroxyl groups excluding tert-OH is 1. The maximum absolute atomic E-state index is 9.83. The summed E-state index contributed by atoms with van der Waals surface area (Å²) in [5.74, 6) is 0.921. The van der Waals surface area contributed by atoms with Gasteiger partial charge in [-0.3, -0.25) is 4.90 Å². The van der Waals surface area contributed by atoms with Crippen molar-refractivity contribution in [1.29, 1.82) is 0 Å². The van der Waals surface area contributed by atoms with E-state index in [1.807, 2.05) is 19.2 Å². The Morgan fingerprint density at radius 3 is 2.76 bits per heavy atom. The number of furan rings is 1. The molecule has 2 heterocycles. The van der Waals surface area contributed by atoms with Crippen molar-refractivity contribution < 1.29 is 14.3 Å². The molecule has 0 saturated carbocycles. The van der Waals surface area contributed by atoms with Crippen LogP contribution in [-0.2, 0) is 11.3 Å². The van der Waals surface area contributed by atoms with E-state index in [1.165, 1.54) is 0 Å². The van der Waals surface area contributed by atoms with E-state index < -0.39 is 0 Å². The Labute approximate surface area is 132 Å². The number of hydrogen-bond donors (Lipinski definition) is 1. The Morgan fingerprint density at radius 2 is 2.05 bits per heavy atom. The van der Waals surface area contributed by atoms with Crippen molar-refractivity contribution in [3.8, 4) is 0 Å². The predicted octanol–water partition coefficient (Wildman–Crippen LogP) is 3.17. The average molecular weight is 354 g/mol. The van der Waals surface area contributed by atoms with Crippen LogP contribution in [0.15, 0.2) is 33.2 Å². The Bertz CT molecular complexity index is 619. The first-order valence-electron chi connectivity index (χ1n) is 7.21. The van der Waals surface area contributed by atoms with E-state index in [0.717, 1.165) is 34.0 Å². The average Bonchev–Trinajstić information content (AvgIpc) is 2.89. The lowest BCUT2D eigenvalue weighted by molar-refractivity contribution is -0.0511. The van der Waals surface area contributed by atoms with E-state index in [2.05, 4.69) is 33.0 Å². The van der Waals surface area contributed by atoms with Gasteiger partial charge in [0.05, 0.1) is 13.2 Å². The molecule has 0 atom stereocenters. The van der Waals surface area contributed by atoms with Gasteiger partial charge >= 0.3 is 0 Å². The van der Waals surface area contributed by atoms with Gasteiger partial charge in [0.15, 0.2) is 0 Å². The molecule has 1 saturated heterocycles. The third kappa shape index (κ3) is 3.01. The van der Waals surface area contributed by atoms with Crippen molar-refractivity contribution in [2.24, 2.45) is 0 Å². The highest BCUT2D eigenvalue weighted by Crippen LogP contribution is 2.30. The third-order valence-electron chi connectivity index (χ3n) is 4.45. The second kappa shape index (κ2) is 6.08. The van der Waals surface area contributed by atoms with Crippen LogP contribution in [0.4, 0.5) is 0 Å². The molecule has 5 heteroatoms. The topological polar surface area (TPSA) is 45.8 Å². The Hall–Kier alpha value is -0.880. The fourth-order valence-corrected chi connectivity index (χ4v) is 3.34. The Kier molecular flexibility index (Phi) is 4.36. The lowest BCUT2D eigenvalue weighted by atomic mass is 9.89. The summed E-state index contributed by atoms with van der Waals surface area (Å²) in [6.07, 6.45) is 1.71. The molecule has 0 aliphatic carbocycles. The number of halogens is 1. The van der Waals surface area contributed by atoms with Gasteiger partial charge in [0.2, 0.25) is 0 Å². The summed E-state index contributed by atoms with van der Waals surface area (Å²) in [4.78, 5) is 2.20. The van der Waals surface area contributed by atoms with Gasteiger partial charge < -0.3 is 14.3 Å². The minimum Gasteiger partial charge on any atom is -0.460 e. The first-order valence-corrected chi connectivity index (χ1v) is 8.00. The SMILES string of the molecule is CN(Cc1cc2cc(Br)ccc2o1)C1(CO)CCOCC1. The van der Waals surface area contributed by atoms with Crippen molar-refractivity contribution in [3.05, 3.63) is 34.5 Å². The normalized spacial score (nSPS) is 18.5. The molecule has 0 radical (unpaired) electrons. The monoisotopic (exact) mass is 353 g/mol. The number of ether oxygens (including phenoxy) is 1. The summed E-state index contributed by atoms with van der Waals surface area (Å²) in [6.45, 7) is 2.25. The fourth-order valence-electron chi connectivity index (χ4n) is 2.96. The number of aliphatic hydroxyl groups is 1. The van der Waals surface area contributed by atoms with Crippen LogP contribution in [0.2, 0.25) is 0 Å². The zero-order valence-corrected chi connectivity index (χ0v) is 13.7. The number of hydrogen-bond acceptors (Lipinski definition) is 4. The van der Waals surface area contributed by atoms with Crippen molar-refractivity contribution >= 4 is 26.9 Å². The van der Waals surface area contributed by atoms with Crippen LogP contribution in [0.3, 0.4) is 0 Å². The van der Waals surface area contributed by atoms with Gasteiger partial charge in [-0.05, 0) is 44.2 Å². The summed E-state index contributed by atoms with van der Waals surface area (Å²) >= 11 is 3.48. The third-order valence-corrected chi connectivity index (χ3v) is 4.94. The number of benzene rings is 1. The molecule has 1 aromatic heterocycles. The summed E-state index contributed by atoms with van der Waals surface area (Å²) in [6, 6.07) is 8.08. The van der Waals surface area contributed by atoms with Crippen LogP contribution in [0.25, 0.3) is 11.0 Å². The van der Waals surface area contributed by atoms with E-state index in [-0.39, 0.29) is 12.1 Å². The molecule has 0 unspecified atom stereocenters. The fraction of sp³-hybridized carbons (Fsp3) is 0.500. The molecule has 1 aromatic carbocycles. The van der Waals surface area contributed by atoms with Gasteiger partial charge in [-0.15, -0.1) is 0 Å². The van der Waals surface area contributed by atoms with E-state index >= 15 is 0 Å². The van der Waals surface area contributed by atoms with Crippen LogP contribution in [0.1, 0.15) is 18.6 Å². The molecule has 4 nitrogen and oxygen atoms in total. The van der Waals surface area contributed by atoms with Crippen molar-refractivity contribution in [2.45, 2.75) is 24.9 Å². The first kappa shape index (κ1) is 15.0. The second-order valence-electron chi connectivity index (χ2n) is 5.75. The van der Waals surface area contributed by atoms with Gasteiger partial charge in [0, 0.05) is 28.6 Å². The highest BCUT2D eigenvalue weighted by Gasteiger charge is 2.36.